The first-order valence-corrected chi connectivity index (χ1v) is 19.0. The quantitative estimate of drug-likeness (QED) is 0.0356. The summed E-state index contributed by atoms with van der Waals surface area (Å²) < 4.78 is 4.95. The van der Waals surface area contributed by atoms with E-state index in [2.05, 4.69) is 39.8 Å². The minimum Gasteiger partial charge on any atom is -0.392 e. The molecule has 0 atom stereocenters. The van der Waals surface area contributed by atoms with Gasteiger partial charge in [-0.2, -0.15) is 0 Å². The Bertz CT molecular complexity index is 688. The Morgan fingerprint density at radius 2 is 0.814 bits per heavy atom. The van der Waals surface area contributed by atoms with Gasteiger partial charge in [-0.15, -0.1) is 0 Å². The molecule has 0 aromatic heterocycles. The van der Waals surface area contributed by atoms with Crippen molar-refractivity contribution in [3.63, 3.8) is 0 Å². The normalized spacial score (nSPS) is 17.4. The Balaban J connectivity index is 2.08. The first-order chi connectivity index (χ1) is 20.9. The van der Waals surface area contributed by atoms with Gasteiger partial charge >= 0.3 is 11.9 Å². The zero-order valence-corrected chi connectivity index (χ0v) is 29.3. The van der Waals surface area contributed by atoms with Gasteiger partial charge in [0.2, 0.25) is 0 Å². The zero-order valence-electron chi connectivity index (χ0n) is 29.3. The SMILES string of the molecule is CC(C)CCCCCCCCCCCCCC=CC1(C=CCCCCCCCCCCCCCC(C)C)CC(=O)OC1=O. The van der Waals surface area contributed by atoms with Gasteiger partial charge in [-0.1, -0.05) is 193 Å². The van der Waals surface area contributed by atoms with Crippen molar-refractivity contribution in [2.75, 3.05) is 0 Å². The van der Waals surface area contributed by atoms with Gasteiger partial charge in [0.05, 0.1) is 6.42 Å². The Morgan fingerprint density at radius 3 is 1.09 bits per heavy atom. The molecule has 1 rings (SSSR count). The summed E-state index contributed by atoms with van der Waals surface area (Å²) in [6.07, 6.45) is 42.5. The van der Waals surface area contributed by atoms with Crippen LogP contribution in [0.25, 0.3) is 0 Å². The third-order valence-electron chi connectivity index (χ3n) is 9.16. The van der Waals surface area contributed by atoms with Crippen molar-refractivity contribution in [3.8, 4) is 0 Å². The topological polar surface area (TPSA) is 43.4 Å². The Morgan fingerprint density at radius 1 is 0.512 bits per heavy atom. The summed E-state index contributed by atoms with van der Waals surface area (Å²) in [5.74, 6) is 0.908. The second-order valence-electron chi connectivity index (χ2n) is 14.5. The van der Waals surface area contributed by atoms with E-state index in [0.717, 1.165) is 37.5 Å². The van der Waals surface area contributed by atoms with Gasteiger partial charge in [0.15, 0.2) is 0 Å². The summed E-state index contributed by atoms with van der Waals surface area (Å²) in [7, 11) is 0. The van der Waals surface area contributed by atoms with Crippen molar-refractivity contribution in [1.82, 2.24) is 0 Å². The van der Waals surface area contributed by atoms with E-state index in [1.54, 1.807) is 0 Å². The molecule has 250 valence electrons. The van der Waals surface area contributed by atoms with Crippen LogP contribution in [0.5, 0.6) is 0 Å². The molecule has 0 aliphatic carbocycles. The Hall–Kier alpha value is -1.38. The second kappa shape index (κ2) is 27.0. The molecule has 1 aliphatic heterocycles. The Kier molecular flexibility index (Phi) is 24.9. The average molecular weight is 601 g/mol. The first kappa shape index (κ1) is 39.6. The molecule has 0 amide bonds. The molecule has 43 heavy (non-hydrogen) atoms. The fourth-order valence-electron chi connectivity index (χ4n) is 6.25. The molecule has 0 aromatic carbocycles. The van der Waals surface area contributed by atoms with E-state index >= 15 is 0 Å². The average Bonchev–Trinajstić information content (AvgIpc) is 3.24. The molecule has 0 radical (unpaired) electrons. The molecule has 1 saturated heterocycles. The van der Waals surface area contributed by atoms with E-state index in [4.69, 9.17) is 4.74 Å². The number of carbonyl (C=O) groups is 2. The number of cyclic esters (lactones) is 2. The lowest BCUT2D eigenvalue weighted by Gasteiger charge is -2.14. The number of hydrogen-bond donors (Lipinski definition) is 0. The van der Waals surface area contributed by atoms with Gasteiger partial charge in [-0.05, 0) is 37.5 Å². The smallest absolute Gasteiger partial charge is 0.328 e. The summed E-state index contributed by atoms with van der Waals surface area (Å²) >= 11 is 0. The number of allylic oxidation sites excluding steroid dienone is 2. The van der Waals surface area contributed by atoms with E-state index in [-0.39, 0.29) is 6.42 Å². The summed E-state index contributed by atoms with van der Waals surface area (Å²) in [4.78, 5) is 24.4. The highest BCUT2D eigenvalue weighted by atomic mass is 16.6. The lowest BCUT2D eigenvalue weighted by atomic mass is 9.84. The molecule has 0 spiro atoms. The largest absolute Gasteiger partial charge is 0.392 e. The molecule has 3 heteroatoms. The van der Waals surface area contributed by atoms with Crippen LogP contribution in [0.3, 0.4) is 0 Å². The van der Waals surface area contributed by atoms with Gasteiger partial charge < -0.3 is 4.74 Å². The van der Waals surface area contributed by atoms with E-state index in [9.17, 15) is 9.59 Å². The van der Waals surface area contributed by atoms with Crippen LogP contribution >= 0.6 is 0 Å². The fourth-order valence-corrected chi connectivity index (χ4v) is 6.25. The number of ether oxygens (including phenoxy) is 1. The highest BCUT2D eigenvalue weighted by Gasteiger charge is 2.45. The molecule has 1 heterocycles. The van der Waals surface area contributed by atoms with Crippen molar-refractivity contribution >= 4 is 11.9 Å². The van der Waals surface area contributed by atoms with E-state index in [1.807, 2.05) is 12.2 Å². The van der Waals surface area contributed by atoms with Gasteiger partial charge in [-0.3, -0.25) is 9.59 Å². The predicted octanol–water partition coefficient (Wildman–Crippen LogP) is 13.0. The highest BCUT2D eigenvalue weighted by molar-refractivity contribution is 6.00. The van der Waals surface area contributed by atoms with Crippen LogP contribution in [0, 0.1) is 17.3 Å². The maximum absolute atomic E-state index is 12.5. The third-order valence-corrected chi connectivity index (χ3v) is 9.16. The number of hydrogen-bond acceptors (Lipinski definition) is 3. The van der Waals surface area contributed by atoms with Gasteiger partial charge in [0, 0.05) is 0 Å². The van der Waals surface area contributed by atoms with Crippen LogP contribution in [0.15, 0.2) is 24.3 Å². The summed E-state index contributed by atoms with van der Waals surface area (Å²) in [5.41, 5.74) is -0.874. The maximum Gasteiger partial charge on any atom is 0.328 e. The van der Waals surface area contributed by atoms with Gasteiger partial charge in [0.25, 0.3) is 0 Å². The number of carbonyl (C=O) groups excluding carboxylic acids is 2. The standard InChI is InChI=1S/C40H72O3/c1-36(2)31-27-23-19-15-11-7-5-9-13-17-21-25-29-33-40(35-38(41)43-39(40)42)34-30-26-22-18-14-10-6-8-12-16-20-24-28-32-37(3)4/h29-30,33-34,36-37H,5-28,31-32,35H2,1-4H3. The summed E-state index contributed by atoms with van der Waals surface area (Å²) in [6.45, 7) is 9.28. The molecule has 0 aromatic rings. The molecule has 1 aliphatic rings. The van der Waals surface area contributed by atoms with Crippen molar-refractivity contribution in [2.45, 2.75) is 201 Å². The second-order valence-corrected chi connectivity index (χ2v) is 14.5. The molecule has 1 fully saturated rings. The van der Waals surface area contributed by atoms with E-state index in [1.165, 1.54) is 141 Å². The molecule has 3 nitrogen and oxygen atoms in total. The van der Waals surface area contributed by atoms with Crippen LogP contribution in [0.2, 0.25) is 0 Å². The molecular formula is C40H72O3. The van der Waals surface area contributed by atoms with E-state index in [0.29, 0.717) is 0 Å². The van der Waals surface area contributed by atoms with Gasteiger partial charge in [-0.25, -0.2) is 0 Å². The van der Waals surface area contributed by atoms with Crippen LogP contribution in [-0.4, -0.2) is 11.9 Å². The molecule has 0 unspecified atom stereocenters. The molecular weight excluding hydrogens is 528 g/mol. The van der Waals surface area contributed by atoms with Crippen molar-refractivity contribution in [1.29, 1.82) is 0 Å². The first-order valence-electron chi connectivity index (χ1n) is 19.0. The van der Waals surface area contributed by atoms with Crippen LogP contribution in [-0.2, 0) is 14.3 Å². The maximum atomic E-state index is 12.5. The minimum atomic E-state index is -0.874. The minimum absolute atomic E-state index is 0.147. The van der Waals surface area contributed by atoms with Crippen molar-refractivity contribution in [2.24, 2.45) is 17.3 Å². The van der Waals surface area contributed by atoms with Crippen molar-refractivity contribution < 1.29 is 14.3 Å². The zero-order chi connectivity index (χ0) is 31.4. The predicted molar refractivity (Wildman–Crippen MR) is 186 cm³/mol. The van der Waals surface area contributed by atoms with Crippen LogP contribution in [0.1, 0.15) is 201 Å². The molecule has 0 saturated carbocycles. The Labute approximate surface area is 268 Å². The van der Waals surface area contributed by atoms with E-state index < -0.39 is 17.4 Å². The lowest BCUT2D eigenvalue weighted by molar-refractivity contribution is -0.153. The van der Waals surface area contributed by atoms with Crippen molar-refractivity contribution in [3.05, 3.63) is 24.3 Å². The summed E-state index contributed by atoms with van der Waals surface area (Å²) in [5, 5.41) is 0. The molecule has 0 bridgehead atoms. The summed E-state index contributed by atoms with van der Waals surface area (Å²) in [6, 6.07) is 0. The molecule has 0 N–H and O–H groups in total. The van der Waals surface area contributed by atoms with Gasteiger partial charge in [0.1, 0.15) is 5.41 Å². The fraction of sp³-hybridized carbons (Fsp3) is 0.850. The monoisotopic (exact) mass is 601 g/mol. The van der Waals surface area contributed by atoms with Crippen LogP contribution < -0.4 is 0 Å². The number of esters is 2. The number of unbranched alkanes of at least 4 members (excludes halogenated alkanes) is 22. The number of rotatable bonds is 30. The highest BCUT2D eigenvalue weighted by Crippen LogP contribution is 2.35. The lowest BCUT2D eigenvalue weighted by Crippen LogP contribution is -2.21. The van der Waals surface area contributed by atoms with Crippen LogP contribution in [0.4, 0.5) is 0 Å². The third kappa shape index (κ3) is 22.7.